The van der Waals surface area contributed by atoms with Gasteiger partial charge in [0.25, 0.3) is 0 Å². The third kappa shape index (κ3) is 10.0. The minimum Gasteiger partial charge on any atom is -0.465 e. The number of nitrogens with one attached hydrogen (secondary N) is 1. The number of halogens is 2. The van der Waals surface area contributed by atoms with E-state index in [1.54, 1.807) is 0 Å². The first-order valence-electron chi connectivity index (χ1n) is 14.6. The van der Waals surface area contributed by atoms with Gasteiger partial charge in [-0.25, -0.2) is 13.6 Å². The van der Waals surface area contributed by atoms with Crippen molar-refractivity contribution in [1.29, 1.82) is 0 Å². The molecule has 42 heavy (non-hydrogen) atoms. The highest BCUT2D eigenvalue weighted by Gasteiger charge is 2.38. The van der Waals surface area contributed by atoms with Crippen LogP contribution in [-0.2, 0) is 33.7 Å². The van der Waals surface area contributed by atoms with Gasteiger partial charge in [0.15, 0.2) is 5.79 Å². The predicted molar refractivity (Wildman–Crippen MR) is 154 cm³/mol. The minimum atomic E-state index is -1.36. The topological polar surface area (TPSA) is 134 Å². The van der Waals surface area contributed by atoms with Crippen molar-refractivity contribution in [3.05, 3.63) is 70.8 Å². The lowest BCUT2D eigenvalue weighted by atomic mass is 9.98. The van der Waals surface area contributed by atoms with Crippen LogP contribution in [0.25, 0.3) is 0 Å². The number of carbonyl (C=O) groups is 2. The Labute approximate surface area is 246 Å². The zero-order valence-electron chi connectivity index (χ0n) is 24.4. The number of aryl methyl sites for hydroxylation is 1. The van der Waals surface area contributed by atoms with Crippen LogP contribution in [0.4, 0.5) is 13.6 Å². The lowest BCUT2D eigenvalue weighted by Gasteiger charge is -2.33. The fraction of sp³-hybridized carbons (Fsp3) is 0.548. The molecule has 3 rings (SSSR count). The van der Waals surface area contributed by atoms with Crippen molar-refractivity contribution >= 4 is 12.0 Å². The Bertz CT molecular complexity index is 1160. The van der Waals surface area contributed by atoms with Crippen LogP contribution in [0, 0.1) is 11.6 Å². The third-order valence-electron chi connectivity index (χ3n) is 7.51. The van der Waals surface area contributed by atoms with E-state index in [9.17, 15) is 28.6 Å². The summed E-state index contributed by atoms with van der Waals surface area (Å²) in [7, 11) is 0. The van der Waals surface area contributed by atoms with E-state index in [4.69, 9.17) is 15.2 Å². The van der Waals surface area contributed by atoms with Crippen molar-refractivity contribution in [1.82, 2.24) is 10.2 Å². The van der Waals surface area contributed by atoms with Crippen molar-refractivity contribution in [3.8, 4) is 0 Å². The zero-order chi connectivity index (χ0) is 30.7. The van der Waals surface area contributed by atoms with Crippen molar-refractivity contribution in [2.45, 2.75) is 89.3 Å². The van der Waals surface area contributed by atoms with Gasteiger partial charge in [0.05, 0.1) is 19.3 Å². The third-order valence-corrected chi connectivity index (χ3v) is 7.51. The normalized spacial score (nSPS) is 16.5. The number of amides is 2. The molecule has 0 aliphatic carbocycles. The van der Waals surface area contributed by atoms with Crippen LogP contribution < -0.4 is 11.1 Å². The number of benzene rings is 2. The summed E-state index contributed by atoms with van der Waals surface area (Å²) in [4.78, 5) is 27.1. The number of rotatable bonds is 16. The highest BCUT2D eigenvalue weighted by atomic mass is 19.1. The zero-order valence-corrected chi connectivity index (χ0v) is 24.4. The van der Waals surface area contributed by atoms with Crippen molar-refractivity contribution in [2.24, 2.45) is 5.73 Å². The molecule has 1 aliphatic heterocycles. The number of nitrogens with zero attached hydrogens (tertiary/aromatic N) is 1. The first-order valence-corrected chi connectivity index (χ1v) is 14.6. The number of hydrogen-bond acceptors (Lipinski definition) is 6. The average molecular weight is 592 g/mol. The van der Waals surface area contributed by atoms with E-state index in [1.165, 1.54) is 4.90 Å². The van der Waals surface area contributed by atoms with Gasteiger partial charge in [0.2, 0.25) is 5.91 Å². The van der Waals surface area contributed by atoms with Gasteiger partial charge in [0, 0.05) is 38.0 Å². The minimum absolute atomic E-state index is 0.0331. The smallest absolute Gasteiger partial charge is 0.405 e. The van der Waals surface area contributed by atoms with E-state index in [0.717, 1.165) is 48.6 Å². The van der Waals surface area contributed by atoms with Gasteiger partial charge in [-0.15, -0.1) is 0 Å². The molecule has 1 fully saturated rings. The van der Waals surface area contributed by atoms with Crippen LogP contribution in [0.5, 0.6) is 0 Å². The molecular formula is C31H43F2N3O6. The Morgan fingerprint density at radius 1 is 1.05 bits per heavy atom. The van der Waals surface area contributed by atoms with Crippen LogP contribution >= 0.6 is 0 Å². The van der Waals surface area contributed by atoms with Gasteiger partial charge in [-0.05, 0) is 54.5 Å². The number of aliphatic hydroxyl groups excluding tert-OH is 1. The highest BCUT2D eigenvalue weighted by molar-refractivity contribution is 5.85. The van der Waals surface area contributed by atoms with Crippen LogP contribution in [0.2, 0.25) is 0 Å². The Morgan fingerprint density at radius 3 is 2.33 bits per heavy atom. The standard InChI is InChI=1S/C31H43F2N3O6/c1-3-5-10-31(41-12-13-42-31)11-9-27(35-30(39)40)29(38)36(19-22-8-6-7-21(4-2)14-22)20-28(37)26(34)17-23-15-24(32)18-25(33)16-23/h6-8,14-16,18,26-28,35,37H,3-5,9-13,17,19-20,34H2,1-2H3,(H,39,40)/t26-,27+,28+/m0/s1. The van der Waals surface area contributed by atoms with Crippen LogP contribution in [0.15, 0.2) is 42.5 Å². The maximum atomic E-state index is 13.9. The summed E-state index contributed by atoms with van der Waals surface area (Å²) in [5, 5.41) is 22.9. The molecule has 0 unspecified atom stereocenters. The fourth-order valence-corrected chi connectivity index (χ4v) is 5.25. The highest BCUT2D eigenvalue weighted by Crippen LogP contribution is 2.31. The van der Waals surface area contributed by atoms with Gasteiger partial charge >= 0.3 is 6.09 Å². The Balaban J connectivity index is 1.82. The average Bonchev–Trinajstić information content (AvgIpc) is 3.41. The van der Waals surface area contributed by atoms with Crippen molar-refractivity contribution < 1.29 is 38.1 Å². The molecule has 2 aromatic carbocycles. The quantitative estimate of drug-likeness (QED) is 0.231. The van der Waals surface area contributed by atoms with Crippen LogP contribution in [-0.4, -0.2) is 70.8 Å². The molecule has 5 N–H and O–H groups in total. The lowest BCUT2D eigenvalue weighted by Crippen LogP contribution is -2.53. The molecule has 3 atom stereocenters. The summed E-state index contributed by atoms with van der Waals surface area (Å²) in [5.41, 5.74) is 8.35. The summed E-state index contributed by atoms with van der Waals surface area (Å²) in [6.07, 6.45) is 0.941. The number of carbonyl (C=O) groups excluding carboxylic acids is 1. The second kappa shape index (κ2) is 15.9. The van der Waals surface area contributed by atoms with E-state index in [-0.39, 0.29) is 31.5 Å². The maximum Gasteiger partial charge on any atom is 0.405 e. The van der Waals surface area contributed by atoms with Crippen LogP contribution in [0.3, 0.4) is 0 Å². The molecule has 0 saturated carbocycles. The summed E-state index contributed by atoms with van der Waals surface area (Å²) in [6.45, 7) is 4.78. The maximum absolute atomic E-state index is 13.9. The second-order valence-electron chi connectivity index (χ2n) is 10.9. The monoisotopic (exact) mass is 591 g/mol. The van der Waals surface area contributed by atoms with E-state index >= 15 is 0 Å². The van der Waals surface area contributed by atoms with Gasteiger partial charge in [-0.2, -0.15) is 0 Å². The van der Waals surface area contributed by atoms with E-state index < -0.39 is 47.6 Å². The van der Waals surface area contributed by atoms with E-state index in [1.807, 2.05) is 38.1 Å². The SMILES string of the molecule is CCCCC1(CC[C@@H](NC(=O)O)C(=O)N(Cc2cccc(CC)c2)C[C@@H](O)[C@@H](N)Cc2cc(F)cc(F)c2)OCCO1. The van der Waals surface area contributed by atoms with Crippen molar-refractivity contribution in [3.63, 3.8) is 0 Å². The van der Waals surface area contributed by atoms with Crippen LogP contribution in [0.1, 0.15) is 62.6 Å². The molecule has 11 heteroatoms. The number of nitrogens with two attached hydrogens (primary N) is 1. The first-order chi connectivity index (χ1) is 20.0. The number of aliphatic hydroxyl groups is 1. The molecule has 0 radical (unpaired) electrons. The lowest BCUT2D eigenvalue weighted by molar-refractivity contribution is -0.170. The molecule has 0 aromatic heterocycles. The van der Waals surface area contributed by atoms with Gasteiger partial charge in [0.1, 0.15) is 17.7 Å². The number of carboxylic acid groups (broad SMARTS) is 1. The van der Waals surface area contributed by atoms with Gasteiger partial charge in [-0.3, -0.25) is 4.79 Å². The molecule has 1 heterocycles. The largest absolute Gasteiger partial charge is 0.465 e. The second-order valence-corrected chi connectivity index (χ2v) is 10.9. The van der Waals surface area contributed by atoms with Crippen molar-refractivity contribution in [2.75, 3.05) is 19.8 Å². The molecule has 0 spiro atoms. The summed E-state index contributed by atoms with van der Waals surface area (Å²) < 4.78 is 39.2. The molecular weight excluding hydrogens is 548 g/mol. The molecule has 2 amide bonds. The molecule has 1 saturated heterocycles. The first kappa shape index (κ1) is 33.4. The number of unbranched alkanes of at least 4 members (excludes halogenated alkanes) is 1. The molecule has 232 valence electrons. The predicted octanol–water partition coefficient (Wildman–Crippen LogP) is 4.14. The number of hydrogen-bond donors (Lipinski definition) is 4. The Hall–Kier alpha value is -3.12. The fourth-order valence-electron chi connectivity index (χ4n) is 5.25. The van der Waals surface area contributed by atoms with E-state index in [2.05, 4.69) is 5.32 Å². The van der Waals surface area contributed by atoms with Gasteiger partial charge < -0.3 is 35.6 Å². The summed E-state index contributed by atoms with van der Waals surface area (Å²) in [6, 6.07) is 8.58. The van der Waals surface area contributed by atoms with Gasteiger partial charge in [-0.1, -0.05) is 44.5 Å². The molecule has 0 bridgehead atoms. The molecule has 9 nitrogen and oxygen atoms in total. The Kier molecular flexibility index (Phi) is 12.7. The summed E-state index contributed by atoms with van der Waals surface area (Å²) in [5.74, 6) is -2.93. The molecule has 1 aliphatic rings. The molecule has 2 aromatic rings. The Morgan fingerprint density at radius 2 is 1.71 bits per heavy atom. The summed E-state index contributed by atoms with van der Waals surface area (Å²) >= 11 is 0. The van der Waals surface area contributed by atoms with E-state index in [0.29, 0.717) is 26.1 Å². The number of ether oxygens (including phenoxy) is 2.